The van der Waals surface area contributed by atoms with Crippen molar-refractivity contribution in [2.24, 2.45) is 0 Å². The van der Waals surface area contributed by atoms with Crippen LogP contribution in [0.5, 0.6) is 0 Å². The summed E-state index contributed by atoms with van der Waals surface area (Å²) in [6, 6.07) is 12.1. The number of benzene rings is 2. The minimum absolute atomic E-state index is 0.00959. The van der Waals surface area contributed by atoms with Crippen LogP contribution in [-0.4, -0.2) is 24.4 Å². The highest BCUT2D eigenvalue weighted by atomic mass is 32.2. The number of aromatic nitrogens is 2. The van der Waals surface area contributed by atoms with Gasteiger partial charge in [0.1, 0.15) is 5.82 Å². The Morgan fingerprint density at radius 3 is 2.29 bits per heavy atom. The summed E-state index contributed by atoms with van der Waals surface area (Å²) < 4.78 is 66.3. The molecule has 146 valence electrons. The summed E-state index contributed by atoms with van der Waals surface area (Å²) in [6.07, 6.45) is -3.05. The van der Waals surface area contributed by atoms with Crippen molar-refractivity contribution in [1.82, 2.24) is 14.7 Å². The van der Waals surface area contributed by atoms with Crippen molar-refractivity contribution < 1.29 is 21.6 Å². The number of alkyl halides is 3. The molecule has 2 N–H and O–H groups in total. The first-order valence-corrected chi connectivity index (χ1v) is 9.94. The quantitative estimate of drug-likeness (QED) is 0.670. The Morgan fingerprint density at radius 1 is 0.964 bits per heavy atom. The average molecular weight is 408 g/mol. The van der Waals surface area contributed by atoms with Crippen molar-refractivity contribution in [1.29, 1.82) is 0 Å². The molecule has 0 amide bonds. The maximum Gasteiger partial charge on any atom is 0.451 e. The van der Waals surface area contributed by atoms with E-state index in [4.69, 9.17) is 0 Å². The van der Waals surface area contributed by atoms with Crippen LogP contribution in [0.3, 0.4) is 0 Å². The molecule has 1 aliphatic carbocycles. The Kier molecular flexibility index (Phi) is 4.47. The fraction of sp³-hybridized carbons (Fsp3) is 0.222. The van der Waals surface area contributed by atoms with Gasteiger partial charge in [0, 0.05) is 17.1 Å². The number of sulfonamides is 1. The lowest BCUT2D eigenvalue weighted by atomic mass is 10.2. The zero-order valence-electron chi connectivity index (χ0n) is 14.4. The highest BCUT2D eigenvalue weighted by molar-refractivity contribution is 7.89. The normalized spacial score (nSPS) is 15.0. The first-order valence-electron chi connectivity index (χ1n) is 8.46. The largest absolute Gasteiger partial charge is 0.451 e. The molecule has 0 bridgehead atoms. The summed E-state index contributed by atoms with van der Waals surface area (Å²) >= 11 is 0. The second kappa shape index (κ2) is 6.71. The summed E-state index contributed by atoms with van der Waals surface area (Å²) in [4.78, 5) is 7.26. The molecular weight excluding hydrogens is 393 g/mol. The van der Waals surface area contributed by atoms with E-state index in [0.29, 0.717) is 11.1 Å². The van der Waals surface area contributed by atoms with Crippen molar-refractivity contribution in [2.45, 2.75) is 30.0 Å². The zero-order valence-corrected chi connectivity index (χ0v) is 15.2. The molecule has 0 unspecified atom stereocenters. The summed E-state index contributed by atoms with van der Waals surface area (Å²) in [6.45, 7) is 0. The van der Waals surface area contributed by atoms with Gasteiger partial charge in [-0.15, -0.1) is 0 Å². The van der Waals surface area contributed by atoms with Crippen LogP contribution in [0, 0.1) is 0 Å². The summed E-state index contributed by atoms with van der Waals surface area (Å²) in [5.74, 6) is -1.26. The molecule has 0 radical (unpaired) electrons. The average Bonchev–Trinajstić information content (AvgIpc) is 3.44. The molecule has 1 aliphatic rings. The van der Waals surface area contributed by atoms with Gasteiger partial charge in [-0.2, -0.15) is 13.2 Å². The van der Waals surface area contributed by atoms with E-state index in [-0.39, 0.29) is 22.3 Å². The predicted molar refractivity (Wildman–Crippen MR) is 97.6 cm³/mol. The first-order chi connectivity index (χ1) is 13.2. The summed E-state index contributed by atoms with van der Waals surface area (Å²) in [5, 5.41) is 3.24. The molecule has 28 heavy (non-hydrogen) atoms. The summed E-state index contributed by atoms with van der Waals surface area (Å²) in [7, 11) is -3.60. The minimum Gasteiger partial charge on any atom is -0.340 e. The van der Waals surface area contributed by atoms with Crippen molar-refractivity contribution >= 4 is 32.4 Å². The minimum atomic E-state index is -4.69. The van der Waals surface area contributed by atoms with Gasteiger partial charge in [0.2, 0.25) is 15.8 Å². The number of nitrogens with one attached hydrogen (secondary N) is 2. The third-order valence-corrected chi connectivity index (χ3v) is 5.72. The molecular formula is C18H15F3N4O2S. The van der Waals surface area contributed by atoms with Gasteiger partial charge in [-0.3, -0.25) is 0 Å². The SMILES string of the molecule is O=S(=O)(NC1CC1)c1ccc(Nc2nc(C(F)(F)F)nc3ccccc23)cc1. The molecule has 0 saturated heterocycles. The van der Waals surface area contributed by atoms with Crippen molar-refractivity contribution in [3.63, 3.8) is 0 Å². The third kappa shape index (κ3) is 3.92. The number of hydrogen-bond acceptors (Lipinski definition) is 5. The molecule has 4 rings (SSSR count). The molecule has 3 aromatic rings. The number of rotatable bonds is 5. The van der Waals surface area contributed by atoms with Crippen LogP contribution in [0.4, 0.5) is 24.7 Å². The molecule has 2 aromatic carbocycles. The molecule has 0 spiro atoms. The van der Waals surface area contributed by atoms with Gasteiger partial charge in [-0.1, -0.05) is 12.1 Å². The number of halogens is 3. The Bertz CT molecular complexity index is 1130. The predicted octanol–water partition coefficient (Wildman–Crippen LogP) is 3.83. The third-order valence-electron chi connectivity index (χ3n) is 4.18. The second-order valence-electron chi connectivity index (χ2n) is 6.46. The van der Waals surface area contributed by atoms with Crippen LogP contribution < -0.4 is 10.0 Å². The van der Waals surface area contributed by atoms with Gasteiger partial charge < -0.3 is 5.32 Å². The molecule has 1 heterocycles. The molecule has 6 nitrogen and oxygen atoms in total. The highest BCUT2D eigenvalue weighted by Crippen LogP contribution is 2.31. The van der Waals surface area contributed by atoms with Gasteiger partial charge >= 0.3 is 6.18 Å². The van der Waals surface area contributed by atoms with E-state index in [0.717, 1.165) is 12.8 Å². The Hall–Kier alpha value is -2.72. The Balaban J connectivity index is 1.66. The Labute approximate surface area is 158 Å². The number of para-hydroxylation sites is 1. The van der Waals surface area contributed by atoms with Crippen molar-refractivity contribution in [3.8, 4) is 0 Å². The molecule has 1 saturated carbocycles. The monoisotopic (exact) mass is 408 g/mol. The first kappa shape index (κ1) is 18.6. The van der Waals surface area contributed by atoms with Gasteiger partial charge in [0.25, 0.3) is 0 Å². The van der Waals surface area contributed by atoms with E-state index in [1.54, 1.807) is 18.2 Å². The Morgan fingerprint density at radius 2 is 1.64 bits per heavy atom. The molecule has 1 fully saturated rings. The highest BCUT2D eigenvalue weighted by Gasteiger charge is 2.35. The maximum atomic E-state index is 13.1. The fourth-order valence-corrected chi connectivity index (χ4v) is 3.95. The van der Waals surface area contributed by atoms with Crippen LogP contribution >= 0.6 is 0 Å². The second-order valence-corrected chi connectivity index (χ2v) is 8.17. The number of hydrogen-bond donors (Lipinski definition) is 2. The lowest BCUT2D eigenvalue weighted by Crippen LogP contribution is -2.25. The number of anilines is 2. The zero-order chi connectivity index (χ0) is 19.9. The van der Waals surface area contributed by atoms with E-state index in [2.05, 4.69) is 20.0 Å². The van der Waals surface area contributed by atoms with Crippen molar-refractivity contribution in [3.05, 3.63) is 54.4 Å². The van der Waals surface area contributed by atoms with Crippen LogP contribution in [0.15, 0.2) is 53.4 Å². The number of nitrogens with zero attached hydrogens (tertiary/aromatic N) is 2. The van der Waals surface area contributed by atoms with E-state index < -0.39 is 22.0 Å². The van der Waals surface area contributed by atoms with Crippen LogP contribution in [0.1, 0.15) is 18.7 Å². The van der Waals surface area contributed by atoms with Gasteiger partial charge in [0.05, 0.1) is 10.4 Å². The standard InChI is InChI=1S/C18H15F3N4O2S/c19-18(20,21)17-23-15-4-2-1-3-14(15)16(24-17)22-11-7-9-13(10-8-11)28(26,27)25-12-5-6-12/h1-4,7-10,12,25H,5-6H2,(H,22,23,24). The summed E-state index contributed by atoms with van der Waals surface area (Å²) in [5.41, 5.74) is 0.558. The fourth-order valence-electron chi connectivity index (χ4n) is 2.64. The van der Waals surface area contributed by atoms with E-state index in [9.17, 15) is 21.6 Å². The van der Waals surface area contributed by atoms with Crippen molar-refractivity contribution in [2.75, 3.05) is 5.32 Å². The molecule has 0 aliphatic heterocycles. The topological polar surface area (TPSA) is 84.0 Å². The molecule has 0 atom stereocenters. The molecule has 10 heteroatoms. The van der Waals surface area contributed by atoms with Crippen LogP contribution in [0.2, 0.25) is 0 Å². The van der Waals surface area contributed by atoms with E-state index in [1.165, 1.54) is 30.3 Å². The number of fused-ring (bicyclic) bond motifs is 1. The van der Waals surface area contributed by atoms with Gasteiger partial charge in [-0.05, 0) is 49.2 Å². The van der Waals surface area contributed by atoms with Crippen LogP contribution in [-0.2, 0) is 16.2 Å². The smallest absolute Gasteiger partial charge is 0.340 e. The van der Waals surface area contributed by atoms with Gasteiger partial charge in [0.15, 0.2) is 0 Å². The van der Waals surface area contributed by atoms with Gasteiger partial charge in [-0.25, -0.2) is 23.1 Å². The lowest BCUT2D eigenvalue weighted by molar-refractivity contribution is -0.144. The van der Waals surface area contributed by atoms with E-state index in [1.807, 2.05) is 0 Å². The molecule has 1 aromatic heterocycles. The lowest BCUT2D eigenvalue weighted by Gasteiger charge is -2.13. The van der Waals surface area contributed by atoms with Crippen LogP contribution in [0.25, 0.3) is 10.9 Å². The van der Waals surface area contributed by atoms with E-state index >= 15 is 0 Å². The maximum absolute atomic E-state index is 13.1.